The summed E-state index contributed by atoms with van der Waals surface area (Å²) in [6, 6.07) is 3.79. The van der Waals surface area contributed by atoms with Gasteiger partial charge in [0.15, 0.2) is 0 Å². The number of aromatic nitrogens is 1. The van der Waals surface area contributed by atoms with Crippen molar-refractivity contribution in [3.8, 4) is 0 Å². The normalized spacial score (nSPS) is 17.4. The van der Waals surface area contributed by atoms with Gasteiger partial charge >= 0.3 is 6.03 Å². The SMILES string of the molecule is CC(=O)N1CCC[C@@H](N(C)C(=O)NCc2cc3[nH]cc(C)c3cc2Cl)C1. The number of nitrogens with one attached hydrogen (secondary N) is 2. The highest BCUT2D eigenvalue weighted by Gasteiger charge is 2.27. The first-order valence-corrected chi connectivity index (χ1v) is 9.27. The number of urea groups is 1. The number of H-pyrrole nitrogens is 1. The molecule has 0 spiro atoms. The highest BCUT2D eigenvalue weighted by Crippen LogP contribution is 2.26. The molecule has 2 N–H and O–H groups in total. The van der Waals surface area contributed by atoms with E-state index in [1.807, 2.05) is 25.3 Å². The third-order valence-electron chi connectivity index (χ3n) is 5.20. The van der Waals surface area contributed by atoms with Crippen LogP contribution in [0.15, 0.2) is 18.3 Å². The number of aromatic amines is 1. The molecule has 1 aliphatic rings. The van der Waals surface area contributed by atoms with E-state index in [1.165, 1.54) is 0 Å². The molecule has 0 bridgehead atoms. The fraction of sp³-hybridized carbons (Fsp3) is 0.474. The number of nitrogens with zero attached hydrogens (tertiary/aromatic N) is 2. The highest BCUT2D eigenvalue weighted by atomic mass is 35.5. The fourth-order valence-electron chi connectivity index (χ4n) is 3.48. The topological polar surface area (TPSA) is 68.4 Å². The molecule has 0 unspecified atom stereocenters. The van der Waals surface area contributed by atoms with Crippen LogP contribution in [0.1, 0.15) is 30.9 Å². The van der Waals surface area contributed by atoms with Gasteiger partial charge in [-0.25, -0.2) is 4.79 Å². The van der Waals surface area contributed by atoms with Gasteiger partial charge in [-0.1, -0.05) is 11.6 Å². The van der Waals surface area contributed by atoms with Crippen LogP contribution in [0.5, 0.6) is 0 Å². The second kappa shape index (κ2) is 7.58. The zero-order valence-corrected chi connectivity index (χ0v) is 16.2. The van der Waals surface area contributed by atoms with Crippen LogP contribution in [0.4, 0.5) is 4.79 Å². The number of hydrogen-bond donors (Lipinski definition) is 2. The Balaban J connectivity index is 1.63. The summed E-state index contributed by atoms with van der Waals surface area (Å²) < 4.78 is 0. The lowest BCUT2D eigenvalue weighted by atomic mass is 10.0. The van der Waals surface area contributed by atoms with E-state index in [4.69, 9.17) is 11.6 Å². The minimum atomic E-state index is -0.153. The van der Waals surface area contributed by atoms with E-state index in [1.54, 1.807) is 23.8 Å². The first kappa shape index (κ1) is 18.6. The Morgan fingerprint density at radius 2 is 2.19 bits per heavy atom. The molecule has 0 radical (unpaired) electrons. The van der Waals surface area contributed by atoms with Gasteiger partial charge in [0.1, 0.15) is 0 Å². The van der Waals surface area contributed by atoms with E-state index >= 15 is 0 Å². The van der Waals surface area contributed by atoms with Crippen molar-refractivity contribution < 1.29 is 9.59 Å². The Hall–Kier alpha value is -2.21. The maximum Gasteiger partial charge on any atom is 0.317 e. The van der Waals surface area contributed by atoms with Crippen molar-refractivity contribution in [1.82, 2.24) is 20.1 Å². The number of rotatable bonds is 3. The molecular formula is C19H25ClN4O2. The largest absolute Gasteiger partial charge is 0.361 e. The number of aryl methyl sites for hydroxylation is 1. The summed E-state index contributed by atoms with van der Waals surface area (Å²) in [4.78, 5) is 30.8. The van der Waals surface area contributed by atoms with Crippen molar-refractivity contribution in [3.63, 3.8) is 0 Å². The van der Waals surface area contributed by atoms with Gasteiger partial charge in [-0.05, 0) is 43.0 Å². The average molecular weight is 377 g/mol. The van der Waals surface area contributed by atoms with Crippen molar-refractivity contribution >= 4 is 34.4 Å². The molecule has 1 fully saturated rings. The van der Waals surface area contributed by atoms with Crippen LogP contribution in [0.25, 0.3) is 10.9 Å². The first-order chi connectivity index (χ1) is 12.4. The molecule has 1 aliphatic heterocycles. The summed E-state index contributed by atoms with van der Waals surface area (Å²) in [7, 11) is 1.78. The van der Waals surface area contributed by atoms with Crippen molar-refractivity contribution in [3.05, 3.63) is 34.5 Å². The summed E-state index contributed by atoms with van der Waals surface area (Å²) in [6.07, 6.45) is 3.76. The van der Waals surface area contributed by atoms with Crippen LogP contribution in [0, 0.1) is 6.92 Å². The number of halogens is 1. The molecule has 7 heteroatoms. The van der Waals surface area contributed by atoms with Crippen LogP contribution in [-0.4, -0.2) is 52.9 Å². The van der Waals surface area contributed by atoms with E-state index in [-0.39, 0.29) is 18.0 Å². The number of fused-ring (bicyclic) bond motifs is 1. The maximum atomic E-state index is 12.5. The summed E-state index contributed by atoms with van der Waals surface area (Å²) in [5.74, 6) is 0.0600. The minimum absolute atomic E-state index is 0.0386. The van der Waals surface area contributed by atoms with Crippen molar-refractivity contribution in [2.24, 2.45) is 0 Å². The smallest absolute Gasteiger partial charge is 0.317 e. The number of benzene rings is 1. The third-order valence-corrected chi connectivity index (χ3v) is 5.55. The Bertz CT molecular complexity index is 832. The van der Waals surface area contributed by atoms with Crippen LogP contribution in [0.3, 0.4) is 0 Å². The fourth-order valence-corrected chi connectivity index (χ4v) is 3.71. The molecule has 2 heterocycles. The molecule has 0 saturated carbocycles. The van der Waals surface area contributed by atoms with Gasteiger partial charge in [0, 0.05) is 55.7 Å². The molecule has 140 valence electrons. The van der Waals surface area contributed by atoms with Gasteiger partial charge < -0.3 is 20.1 Å². The Morgan fingerprint density at radius 3 is 2.92 bits per heavy atom. The molecule has 0 aliphatic carbocycles. The summed E-state index contributed by atoms with van der Waals surface area (Å²) in [5.41, 5.74) is 3.02. The lowest BCUT2D eigenvalue weighted by Crippen LogP contribution is -2.52. The molecule has 2 aromatic rings. The zero-order chi connectivity index (χ0) is 18.8. The van der Waals surface area contributed by atoms with E-state index < -0.39 is 0 Å². The molecule has 3 amide bonds. The van der Waals surface area contributed by atoms with Gasteiger partial charge in [0.05, 0.1) is 6.04 Å². The van der Waals surface area contributed by atoms with Crippen molar-refractivity contribution in [2.45, 2.75) is 39.3 Å². The lowest BCUT2D eigenvalue weighted by Gasteiger charge is -2.37. The maximum absolute atomic E-state index is 12.5. The lowest BCUT2D eigenvalue weighted by molar-refractivity contribution is -0.130. The van der Waals surface area contributed by atoms with Gasteiger partial charge in [0.25, 0.3) is 0 Å². The molecule has 26 heavy (non-hydrogen) atoms. The van der Waals surface area contributed by atoms with E-state index in [0.29, 0.717) is 18.1 Å². The van der Waals surface area contributed by atoms with E-state index in [9.17, 15) is 9.59 Å². The molecular weight excluding hydrogens is 352 g/mol. The molecule has 6 nitrogen and oxygen atoms in total. The number of amides is 3. The number of piperidine rings is 1. The number of likely N-dealkylation sites (N-methyl/N-ethyl adjacent to an activating group) is 1. The number of carbonyl (C=O) groups excluding carboxylic acids is 2. The van der Waals surface area contributed by atoms with Crippen molar-refractivity contribution in [2.75, 3.05) is 20.1 Å². The monoisotopic (exact) mass is 376 g/mol. The van der Waals surface area contributed by atoms with Crippen molar-refractivity contribution in [1.29, 1.82) is 0 Å². The Kier molecular flexibility index (Phi) is 5.41. The van der Waals surface area contributed by atoms with E-state index in [2.05, 4.69) is 10.3 Å². The summed E-state index contributed by atoms with van der Waals surface area (Å²) in [5, 5.41) is 4.67. The van der Waals surface area contributed by atoms with Crippen LogP contribution < -0.4 is 5.32 Å². The standard InChI is InChI=1S/C19H25ClN4O2/c1-12-9-21-18-7-14(17(20)8-16(12)18)10-22-19(26)23(3)15-5-4-6-24(11-15)13(2)25/h7-9,15,21H,4-6,10-11H2,1-3H3,(H,22,26)/t15-/m1/s1. The predicted octanol–water partition coefficient (Wildman–Crippen LogP) is 3.28. The Morgan fingerprint density at radius 1 is 1.42 bits per heavy atom. The second-order valence-corrected chi connectivity index (χ2v) is 7.40. The highest BCUT2D eigenvalue weighted by molar-refractivity contribution is 6.32. The summed E-state index contributed by atoms with van der Waals surface area (Å²) in [6.45, 7) is 5.32. The molecule has 1 aromatic heterocycles. The molecule has 1 atom stereocenters. The Labute approximate surface area is 158 Å². The first-order valence-electron chi connectivity index (χ1n) is 8.89. The predicted molar refractivity (Wildman–Crippen MR) is 103 cm³/mol. The van der Waals surface area contributed by atoms with Gasteiger partial charge in [-0.3, -0.25) is 4.79 Å². The molecule has 3 rings (SSSR count). The van der Waals surface area contributed by atoms with Gasteiger partial charge in [0.2, 0.25) is 5.91 Å². The average Bonchev–Trinajstić information content (AvgIpc) is 2.99. The zero-order valence-electron chi connectivity index (χ0n) is 15.4. The van der Waals surface area contributed by atoms with Gasteiger partial charge in [-0.15, -0.1) is 0 Å². The van der Waals surface area contributed by atoms with Crippen LogP contribution in [-0.2, 0) is 11.3 Å². The second-order valence-electron chi connectivity index (χ2n) is 6.99. The number of likely N-dealkylation sites (tertiary alicyclic amines) is 1. The van der Waals surface area contributed by atoms with Gasteiger partial charge in [-0.2, -0.15) is 0 Å². The number of hydrogen-bond acceptors (Lipinski definition) is 2. The molecule has 1 aromatic carbocycles. The van der Waals surface area contributed by atoms with Crippen LogP contribution in [0.2, 0.25) is 5.02 Å². The minimum Gasteiger partial charge on any atom is -0.361 e. The molecule has 1 saturated heterocycles. The summed E-state index contributed by atoms with van der Waals surface area (Å²) >= 11 is 6.37. The number of carbonyl (C=O) groups is 2. The van der Waals surface area contributed by atoms with E-state index in [0.717, 1.165) is 41.4 Å². The van der Waals surface area contributed by atoms with Crippen LogP contribution >= 0.6 is 11.6 Å². The third kappa shape index (κ3) is 3.80. The quantitative estimate of drug-likeness (QED) is 0.863.